The van der Waals surface area contributed by atoms with Crippen LogP contribution in [0.15, 0.2) is 182 Å². The Kier molecular flexibility index (Phi) is 6.34. The van der Waals surface area contributed by atoms with Crippen LogP contribution in [0.4, 0.5) is 11.4 Å². The molecule has 0 saturated carbocycles. The van der Waals surface area contributed by atoms with E-state index in [1.807, 2.05) is 12.1 Å². The van der Waals surface area contributed by atoms with Crippen LogP contribution in [0.5, 0.6) is 0 Å². The fourth-order valence-corrected chi connectivity index (χ4v) is 8.65. The van der Waals surface area contributed by atoms with E-state index in [4.69, 9.17) is 9.97 Å². The largest absolute Gasteiger partial charge is 0.316 e. The number of hydrogen-bond acceptors (Lipinski definition) is 3. The molecule has 8 aromatic rings. The van der Waals surface area contributed by atoms with E-state index in [2.05, 4.69) is 179 Å². The Labute approximate surface area is 301 Å². The normalized spacial score (nSPS) is 17.0. The summed E-state index contributed by atoms with van der Waals surface area (Å²) < 4.78 is 2.31. The van der Waals surface area contributed by atoms with Crippen LogP contribution in [0.3, 0.4) is 0 Å². The highest BCUT2D eigenvalue weighted by Gasteiger charge is 2.43. The fourth-order valence-electron chi connectivity index (χ4n) is 8.65. The minimum absolute atomic E-state index is 0.183. The molecule has 0 N–H and O–H groups in total. The summed E-state index contributed by atoms with van der Waals surface area (Å²) in [6.07, 6.45) is 11.3. The van der Waals surface area contributed by atoms with Gasteiger partial charge in [-0.05, 0) is 77.0 Å². The second kappa shape index (κ2) is 11.4. The first-order chi connectivity index (χ1) is 25.8. The van der Waals surface area contributed by atoms with E-state index in [0.717, 1.165) is 44.9 Å². The first-order valence-electron chi connectivity index (χ1n) is 17.9. The van der Waals surface area contributed by atoms with E-state index in [1.54, 1.807) is 0 Å². The van der Waals surface area contributed by atoms with Crippen LogP contribution in [0.1, 0.15) is 11.5 Å². The third kappa shape index (κ3) is 4.34. The number of aromatic nitrogens is 3. The van der Waals surface area contributed by atoms with Crippen molar-refractivity contribution in [1.82, 2.24) is 14.5 Å². The standard InChI is InChI=1S/C48H32N4/c1-3-13-31(14-4-1)46-40-21-11-12-22-42(40)49-48(50-46)32-23-25-35(26-24-32)52-44-30-43-33(27-28-51(43)34-15-5-2-6-16-34)29-41(44)45-38-19-9-7-17-36(38)37-18-8-10-20-39(37)47(45)52/h1-30,38,45H. The van der Waals surface area contributed by atoms with Gasteiger partial charge in [-0.3, -0.25) is 0 Å². The summed E-state index contributed by atoms with van der Waals surface area (Å²) >= 11 is 0. The highest BCUT2D eigenvalue weighted by Crippen LogP contribution is 2.55. The van der Waals surface area contributed by atoms with Crippen LogP contribution >= 0.6 is 0 Å². The zero-order valence-electron chi connectivity index (χ0n) is 28.3. The maximum atomic E-state index is 5.16. The van der Waals surface area contributed by atoms with Crippen LogP contribution < -0.4 is 15.3 Å². The Hall–Kier alpha value is -6.78. The molecule has 52 heavy (non-hydrogen) atoms. The highest BCUT2D eigenvalue weighted by atomic mass is 15.2. The third-order valence-electron chi connectivity index (χ3n) is 11.0. The molecule has 3 aliphatic rings. The lowest BCUT2D eigenvalue weighted by Gasteiger charge is -2.32. The average molecular weight is 665 g/mol. The summed E-state index contributed by atoms with van der Waals surface area (Å²) in [5, 5.41) is 4.90. The maximum absolute atomic E-state index is 5.16. The maximum Gasteiger partial charge on any atom is 0.160 e. The Morgan fingerprint density at radius 1 is 0.577 bits per heavy atom. The summed E-state index contributed by atoms with van der Waals surface area (Å²) in [6, 6.07) is 54.2. The van der Waals surface area contributed by atoms with Crippen molar-refractivity contribution in [2.45, 2.75) is 5.92 Å². The van der Waals surface area contributed by atoms with Crippen molar-refractivity contribution in [1.29, 1.82) is 0 Å². The molecular weight excluding hydrogens is 633 g/mol. The second-order valence-electron chi connectivity index (χ2n) is 13.8. The molecule has 4 heteroatoms. The topological polar surface area (TPSA) is 34.0 Å². The van der Waals surface area contributed by atoms with Crippen molar-refractivity contribution in [3.8, 4) is 28.3 Å². The van der Waals surface area contributed by atoms with E-state index >= 15 is 0 Å². The average Bonchev–Trinajstić information content (AvgIpc) is 3.79. The molecule has 0 fully saturated rings. The number of nitrogens with zero attached hydrogens (tertiary/aromatic N) is 4. The molecule has 244 valence electrons. The number of allylic oxidation sites excluding steroid dienone is 4. The minimum Gasteiger partial charge on any atom is -0.316 e. The van der Waals surface area contributed by atoms with Gasteiger partial charge in [0.1, 0.15) is 0 Å². The second-order valence-corrected chi connectivity index (χ2v) is 13.8. The molecular formula is C48H32N4. The minimum atomic E-state index is 0.183. The SMILES string of the molecule is C1=CC2=c3ccccc3=C3C(c4cc5ccn(-c6ccccc6)c5cc4N3c3ccc(-c4nc(-c5ccccc5)c5ccccc5n4)cc3)C2C=C1. The van der Waals surface area contributed by atoms with Crippen molar-refractivity contribution in [2.24, 2.45) is 5.92 Å². The van der Waals surface area contributed by atoms with Gasteiger partial charge in [0.05, 0.1) is 22.4 Å². The van der Waals surface area contributed by atoms with Crippen LogP contribution in [-0.2, 0) is 0 Å². The van der Waals surface area contributed by atoms with E-state index in [1.165, 1.54) is 43.9 Å². The molecule has 3 heterocycles. The summed E-state index contributed by atoms with van der Waals surface area (Å²) in [7, 11) is 0. The zero-order valence-corrected chi connectivity index (χ0v) is 28.3. The predicted molar refractivity (Wildman–Crippen MR) is 213 cm³/mol. The van der Waals surface area contributed by atoms with Crippen molar-refractivity contribution < 1.29 is 0 Å². The van der Waals surface area contributed by atoms with Gasteiger partial charge >= 0.3 is 0 Å². The van der Waals surface area contributed by atoms with Gasteiger partial charge in [-0.15, -0.1) is 0 Å². The summed E-state index contributed by atoms with van der Waals surface area (Å²) in [6.45, 7) is 0. The van der Waals surface area contributed by atoms with Crippen LogP contribution in [0.2, 0.25) is 0 Å². The predicted octanol–water partition coefficient (Wildman–Crippen LogP) is 9.86. The third-order valence-corrected chi connectivity index (χ3v) is 11.0. The number of rotatable bonds is 4. The summed E-state index contributed by atoms with van der Waals surface area (Å²) in [5.41, 5.74) is 12.7. The van der Waals surface area contributed by atoms with Gasteiger partial charge in [-0.1, -0.05) is 115 Å². The molecule has 2 aliphatic carbocycles. The molecule has 0 spiro atoms. The molecule has 2 aromatic heterocycles. The van der Waals surface area contributed by atoms with Crippen molar-refractivity contribution >= 4 is 44.5 Å². The monoisotopic (exact) mass is 664 g/mol. The molecule has 0 amide bonds. The van der Waals surface area contributed by atoms with Crippen molar-refractivity contribution in [2.75, 3.05) is 4.90 Å². The van der Waals surface area contributed by atoms with Crippen LogP contribution in [0.25, 0.3) is 61.4 Å². The lowest BCUT2D eigenvalue weighted by molar-refractivity contribution is 0.735. The molecule has 11 rings (SSSR count). The summed E-state index contributed by atoms with van der Waals surface area (Å²) in [5.74, 6) is 1.15. The first-order valence-corrected chi connectivity index (χ1v) is 17.9. The first kappa shape index (κ1) is 29.0. The number of anilines is 2. The van der Waals surface area contributed by atoms with Gasteiger partial charge in [-0.2, -0.15) is 0 Å². The van der Waals surface area contributed by atoms with Gasteiger partial charge in [0.25, 0.3) is 0 Å². The summed E-state index contributed by atoms with van der Waals surface area (Å²) in [4.78, 5) is 12.7. The molecule has 0 radical (unpaired) electrons. The zero-order chi connectivity index (χ0) is 34.2. The number of benzene rings is 6. The molecule has 0 bridgehead atoms. The Balaban J connectivity index is 1.12. The highest BCUT2D eigenvalue weighted by molar-refractivity contribution is 6.00. The Morgan fingerprint density at radius 2 is 1.33 bits per heavy atom. The van der Waals surface area contributed by atoms with Gasteiger partial charge < -0.3 is 9.47 Å². The van der Waals surface area contributed by atoms with Gasteiger partial charge in [0.15, 0.2) is 5.82 Å². The van der Waals surface area contributed by atoms with E-state index < -0.39 is 0 Å². The Bertz CT molecular complexity index is 2900. The molecule has 2 atom stereocenters. The van der Waals surface area contributed by atoms with Gasteiger partial charge in [0.2, 0.25) is 0 Å². The lowest BCUT2D eigenvalue weighted by atomic mass is 9.74. The van der Waals surface area contributed by atoms with Crippen LogP contribution in [0, 0.1) is 5.92 Å². The molecule has 0 saturated heterocycles. The van der Waals surface area contributed by atoms with E-state index in [0.29, 0.717) is 0 Å². The number of fused-ring (bicyclic) bond motifs is 8. The van der Waals surface area contributed by atoms with Crippen molar-refractivity contribution in [3.05, 3.63) is 198 Å². The van der Waals surface area contributed by atoms with E-state index in [-0.39, 0.29) is 11.8 Å². The fraction of sp³-hybridized carbons (Fsp3) is 0.0417. The number of para-hydroxylation sites is 2. The smallest absolute Gasteiger partial charge is 0.160 e. The quantitative estimate of drug-likeness (QED) is 0.188. The van der Waals surface area contributed by atoms with E-state index in [9.17, 15) is 0 Å². The molecule has 1 aliphatic heterocycles. The Morgan fingerprint density at radius 3 is 2.17 bits per heavy atom. The molecule has 2 unspecified atom stereocenters. The number of hydrogen-bond donors (Lipinski definition) is 0. The van der Waals surface area contributed by atoms with Gasteiger partial charge in [-0.25, -0.2) is 9.97 Å². The van der Waals surface area contributed by atoms with Crippen molar-refractivity contribution in [3.63, 3.8) is 0 Å². The molecule has 6 aromatic carbocycles. The molecule has 4 nitrogen and oxygen atoms in total. The van der Waals surface area contributed by atoms with Gasteiger partial charge in [0, 0.05) is 62.2 Å². The van der Waals surface area contributed by atoms with Crippen LogP contribution in [-0.4, -0.2) is 14.5 Å². The lowest BCUT2D eigenvalue weighted by Crippen LogP contribution is -2.40.